The van der Waals surface area contributed by atoms with Crippen molar-refractivity contribution in [2.75, 3.05) is 6.61 Å². The molecule has 2 nitrogen and oxygen atoms in total. The molecule has 0 unspecified atom stereocenters. The van der Waals surface area contributed by atoms with Crippen LogP contribution in [0.25, 0.3) is 0 Å². The molecule has 1 aliphatic rings. The third-order valence-corrected chi connectivity index (χ3v) is 1.40. The Morgan fingerprint density at radius 3 is 3.00 bits per heavy atom. The first kappa shape index (κ1) is 4.31. The highest BCUT2D eigenvalue weighted by Gasteiger charge is 2.26. The first-order valence-corrected chi connectivity index (χ1v) is 2.96. The van der Waals surface area contributed by atoms with Gasteiger partial charge in [-0.3, -0.25) is 4.79 Å². The van der Waals surface area contributed by atoms with Gasteiger partial charge in [0.2, 0.25) is 0 Å². The van der Waals surface area contributed by atoms with Crippen molar-refractivity contribution in [1.29, 1.82) is 0 Å². The Morgan fingerprint density at radius 2 is 2.56 bits per heavy atom. The minimum absolute atomic E-state index is 0.184. The van der Waals surface area contributed by atoms with Gasteiger partial charge in [-0.15, -0.1) is 0 Å². The highest BCUT2D eigenvalue weighted by molar-refractivity contribution is 5.70. The number of hydrogen-bond donors (Lipinski definition) is 0. The van der Waals surface area contributed by atoms with E-state index in [1.807, 2.05) is 0 Å². The topological polar surface area (TPSA) is 26.3 Å². The van der Waals surface area contributed by atoms with Crippen LogP contribution in [0.3, 0.4) is 0 Å². The summed E-state index contributed by atoms with van der Waals surface area (Å²) in [4.78, 5) is 10.6. The minimum Gasteiger partial charge on any atom is -0.465 e. The summed E-state index contributed by atoms with van der Waals surface area (Å²) in [6, 6.07) is 0. The monoisotopic (exact) mass is 130 g/mol. The lowest BCUT2D eigenvalue weighted by atomic mass is 9.87. The van der Waals surface area contributed by atoms with Gasteiger partial charge in [0.15, 0.2) is 0 Å². The maximum atomic E-state index is 10.6. The van der Waals surface area contributed by atoms with E-state index in [1.54, 1.807) is 0 Å². The number of cyclic esters (lactones) is 1. The van der Waals surface area contributed by atoms with E-state index in [4.69, 9.17) is 7.48 Å². The van der Waals surface area contributed by atoms with Gasteiger partial charge in [-0.1, -0.05) is 13.8 Å². The number of ether oxygens (including phenoxy) is 1. The van der Waals surface area contributed by atoms with Crippen LogP contribution in [0.5, 0.6) is 0 Å². The average Bonchev–Trinajstić information content (AvgIpc) is 2.07. The molecular weight excluding hydrogens is 116 g/mol. The van der Waals surface area contributed by atoms with Gasteiger partial charge in [-0.2, -0.15) is 0 Å². The van der Waals surface area contributed by atoms with E-state index >= 15 is 0 Å². The lowest BCUT2D eigenvalue weighted by Crippen LogP contribution is -2.28. The molecule has 1 rings (SSSR count). The second kappa shape index (κ2) is 2.01. The summed E-state index contributed by atoms with van der Waals surface area (Å²) >= 11 is 0. The molecule has 0 atom stereocenters. The van der Waals surface area contributed by atoms with Crippen molar-refractivity contribution < 1.29 is 12.3 Å². The predicted molar refractivity (Wildman–Crippen MR) is 34.0 cm³/mol. The molecular formula is C7H12O2. The van der Waals surface area contributed by atoms with Crippen LogP contribution in [0, 0.1) is 5.41 Å². The first-order valence-electron chi connectivity index (χ1n) is 4.38. The maximum Gasteiger partial charge on any atom is 0.305 e. The number of esters is 1. The summed E-state index contributed by atoms with van der Waals surface area (Å²) in [7, 11) is 0. The summed E-state index contributed by atoms with van der Waals surface area (Å²) in [5, 5.41) is 0. The molecule has 0 spiro atoms. The zero-order valence-corrected chi connectivity index (χ0v) is 5.35. The Labute approximate surface area is 58.0 Å². The van der Waals surface area contributed by atoms with E-state index < -0.39 is 0 Å². The van der Waals surface area contributed by atoms with Gasteiger partial charge in [-0.25, -0.2) is 0 Å². The lowest BCUT2D eigenvalue weighted by Gasteiger charge is -2.27. The summed E-state index contributed by atoms with van der Waals surface area (Å²) in [5.74, 6) is -0.192. The molecule has 0 amide bonds. The van der Waals surface area contributed by atoms with Crippen molar-refractivity contribution in [1.82, 2.24) is 0 Å². The highest BCUT2D eigenvalue weighted by atomic mass is 16.5. The van der Waals surface area contributed by atoms with Crippen molar-refractivity contribution in [3.8, 4) is 0 Å². The third kappa shape index (κ3) is 1.70. The number of hydrogen-bond acceptors (Lipinski definition) is 2. The molecule has 1 aliphatic heterocycles. The maximum absolute atomic E-state index is 10.6. The molecule has 1 heterocycles. The summed E-state index contributed by atoms with van der Waals surface area (Å²) in [5.41, 5.74) is -0.367. The van der Waals surface area contributed by atoms with Gasteiger partial charge < -0.3 is 4.74 Å². The molecule has 0 N–H and O–H groups in total. The molecule has 2 heteroatoms. The molecule has 0 aromatic heterocycles. The number of rotatable bonds is 0. The molecule has 0 bridgehead atoms. The molecule has 0 aromatic carbocycles. The Balaban J connectivity index is 2.52. The highest BCUT2D eigenvalue weighted by Crippen LogP contribution is 2.26. The molecule has 0 aliphatic carbocycles. The second-order valence-electron chi connectivity index (χ2n) is 2.66. The third-order valence-electron chi connectivity index (χ3n) is 1.40. The van der Waals surface area contributed by atoms with E-state index in [9.17, 15) is 4.79 Å². The number of carbonyl (C=O) groups excluding carboxylic acids is 1. The predicted octanol–water partition coefficient (Wildman–Crippen LogP) is 1.35. The summed E-state index contributed by atoms with van der Waals surface area (Å²) in [6.07, 6.45) is 1.01. The summed E-state index contributed by atoms with van der Waals surface area (Å²) in [6.45, 7) is 0.631. The van der Waals surface area contributed by atoms with Crippen molar-refractivity contribution in [3.63, 3.8) is 0 Å². The Hall–Kier alpha value is -0.530. The van der Waals surface area contributed by atoms with Crippen molar-refractivity contribution >= 4 is 5.97 Å². The molecule has 52 valence electrons. The lowest BCUT2D eigenvalue weighted by molar-refractivity contribution is -0.152. The molecule has 0 saturated carbocycles. The average molecular weight is 130 g/mol. The Kier molecular flexibility index (Phi) is 0.963. The second-order valence-corrected chi connectivity index (χ2v) is 2.66. The van der Waals surface area contributed by atoms with Crippen molar-refractivity contribution in [2.45, 2.75) is 26.6 Å². The quantitative estimate of drug-likeness (QED) is 0.463. The van der Waals surface area contributed by atoms with Gasteiger partial charge in [0.1, 0.15) is 0 Å². The van der Waals surface area contributed by atoms with Crippen LogP contribution in [-0.4, -0.2) is 12.6 Å². The van der Waals surface area contributed by atoms with E-state index in [-0.39, 0.29) is 31.8 Å². The van der Waals surface area contributed by atoms with Crippen molar-refractivity contribution in [2.24, 2.45) is 5.41 Å². The van der Waals surface area contributed by atoms with E-state index in [0.29, 0.717) is 12.8 Å². The first-order chi connectivity index (χ1) is 5.22. The zero-order valence-electron chi connectivity index (χ0n) is 7.35. The van der Waals surface area contributed by atoms with Crippen LogP contribution in [0.1, 0.15) is 29.4 Å². The fourth-order valence-corrected chi connectivity index (χ4v) is 0.745. The van der Waals surface area contributed by atoms with Crippen LogP contribution < -0.4 is 0 Å². The van der Waals surface area contributed by atoms with Gasteiger partial charge >= 0.3 is 5.97 Å². The Bertz CT molecular complexity index is 143. The van der Waals surface area contributed by atoms with Gasteiger partial charge in [-0.05, 0) is 11.8 Å². The van der Waals surface area contributed by atoms with Crippen molar-refractivity contribution in [3.05, 3.63) is 0 Å². The summed E-state index contributed by atoms with van der Waals surface area (Å²) < 4.78 is 19.2. The SMILES string of the molecule is [2H]CC1(C[2H])CCC(=O)OC1. The van der Waals surface area contributed by atoms with Crippen LogP contribution in [0.2, 0.25) is 0 Å². The fraction of sp³-hybridized carbons (Fsp3) is 0.857. The van der Waals surface area contributed by atoms with Crippen LogP contribution in [0.15, 0.2) is 0 Å². The van der Waals surface area contributed by atoms with Crippen LogP contribution in [-0.2, 0) is 9.53 Å². The molecule has 0 aromatic rings. The van der Waals surface area contributed by atoms with E-state index in [2.05, 4.69) is 0 Å². The van der Waals surface area contributed by atoms with Gasteiger partial charge in [0.05, 0.1) is 6.61 Å². The normalized spacial score (nSPS) is 28.2. The van der Waals surface area contributed by atoms with Gasteiger partial charge in [0, 0.05) is 9.16 Å². The van der Waals surface area contributed by atoms with Crippen LogP contribution >= 0.6 is 0 Å². The molecule has 9 heavy (non-hydrogen) atoms. The van der Waals surface area contributed by atoms with E-state index in [1.165, 1.54) is 0 Å². The van der Waals surface area contributed by atoms with E-state index in [0.717, 1.165) is 0 Å². The fourth-order valence-electron chi connectivity index (χ4n) is 0.745. The molecule has 1 fully saturated rings. The smallest absolute Gasteiger partial charge is 0.305 e. The number of carbonyl (C=O) groups is 1. The molecule has 1 saturated heterocycles. The standard InChI is InChI=1S/C7H12O2/c1-7(2)4-3-6(8)9-5-7/h3-5H2,1-2H3/i1D,2D. The minimum atomic E-state index is -0.367. The largest absolute Gasteiger partial charge is 0.465 e. The van der Waals surface area contributed by atoms with Crippen LogP contribution in [0.4, 0.5) is 0 Å². The molecule has 0 radical (unpaired) electrons. The Morgan fingerprint density at radius 1 is 1.78 bits per heavy atom. The zero-order chi connectivity index (χ0) is 8.32. The van der Waals surface area contributed by atoms with Gasteiger partial charge in [0.25, 0.3) is 0 Å².